The van der Waals surface area contributed by atoms with Crippen LogP contribution in [0.3, 0.4) is 0 Å². The topological polar surface area (TPSA) is 94.5 Å². The SMILES string of the molecule is CCCC(C)=NN(C)C(=O)C(=O)c1cn(C)c2ccccc12.CCc1c(C)nn(C)c(=O)c1-c1cn(C)c2ccccc12. The Morgan fingerprint density at radius 3 is 2.12 bits per heavy atom. The van der Waals surface area contributed by atoms with E-state index in [4.69, 9.17) is 0 Å². The van der Waals surface area contributed by atoms with Gasteiger partial charge in [0, 0.05) is 73.7 Å². The third-order valence-electron chi connectivity index (χ3n) is 7.63. The number of benzene rings is 2. The first-order valence-corrected chi connectivity index (χ1v) is 14.5. The van der Waals surface area contributed by atoms with Crippen LogP contribution in [0.4, 0.5) is 0 Å². The van der Waals surface area contributed by atoms with E-state index in [-0.39, 0.29) is 5.56 Å². The predicted molar refractivity (Wildman–Crippen MR) is 174 cm³/mol. The van der Waals surface area contributed by atoms with Gasteiger partial charge in [-0.1, -0.05) is 56.7 Å². The van der Waals surface area contributed by atoms with E-state index < -0.39 is 11.7 Å². The summed E-state index contributed by atoms with van der Waals surface area (Å²) in [4.78, 5) is 37.4. The number of Topliss-reactive ketones (excluding diaryl/α,β-unsaturated/α-hetero) is 1. The van der Waals surface area contributed by atoms with Gasteiger partial charge in [-0.05, 0) is 44.4 Å². The average Bonchev–Trinajstić information content (AvgIpc) is 3.51. The lowest BCUT2D eigenvalue weighted by molar-refractivity contribution is -0.125. The number of aromatic nitrogens is 4. The van der Waals surface area contributed by atoms with Crippen LogP contribution >= 0.6 is 0 Å². The van der Waals surface area contributed by atoms with E-state index in [1.807, 2.05) is 82.0 Å². The highest BCUT2D eigenvalue weighted by Crippen LogP contribution is 2.31. The number of hydrogen-bond acceptors (Lipinski definition) is 5. The van der Waals surface area contributed by atoms with Crippen molar-refractivity contribution in [3.63, 3.8) is 0 Å². The minimum atomic E-state index is -0.619. The van der Waals surface area contributed by atoms with E-state index in [2.05, 4.69) is 33.8 Å². The first kappa shape index (κ1) is 31.2. The summed E-state index contributed by atoms with van der Waals surface area (Å²) in [6, 6.07) is 15.7. The third-order valence-corrected chi connectivity index (χ3v) is 7.63. The fraction of sp³-hybridized carbons (Fsp3) is 0.324. The number of nitrogens with zero attached hydrogens (tertiary/aromatic N) is 6. The minimum absolute atomic E-state index is 0.0335. The van der Waals surface area contributed by atoms with Gasteiger partial charge in [0.1, 0.15) is 0 Å². The molecule has 0 spiro atoms. The Balaban J connectivity index is 0.000000197. The molecule has 0 N–H and O–H groups in total. The lowest BCUT2D eigenvalue weighted by Gasteiger charge is -2.11. The minimum Gasteiger partial charge on any atom is -0.350 e. The molecule has 5 rings (SSSR count). The highest BCUT2D eigenvalue weighted by Gasteiger charge is 2.24. The van der Waals surface area contributed by atoms with Gasteiger partial charge in [0.05, 0.1) is 16.8 Å². The molecular weight excluding hydrogens is 540 g/mol. The van der Waals surface area contributed by atoms with Gasteiger partial charge in [-0.25, -0.2) is 9.69 Å². The lowest BCUT2D eigenvalue weighted by atomic mass is 9.98. The third kappa shape index (κ3) is 6.21. The molecule has 3 heterocycles. The molecule has 0 atom stereocenters. The van der Waals surface area contributed by atoms with Crippen molar-refractivity contribution in [2.75, 3.05) is 7.05 Å². The molecule has 1 amide bonds. The number of para-hydroxylation sites is 2. The van der Waals surface area contributed by atoms with Crippen LogP contribution in [-0.2, 0) is 32.4 Å². The molecule has 2 aromatic carbocycles. The standard InChI is InChI=1S/C17H21N3O2.C17H19N3O/c1-5-8-12(2)18-20(4)17(22)16(21)14-11-19(3)15-10-7-6-9-13(14)15;1-5-12-11(2)18-20(4)17(21)16(12)14-10-19(3)15-9-7-6-8-13(14)15/h6-7,9-11H,5,8H2,1-4H3;6-10H,5H2,1-4H3. The van der Waals surface area contributed by atoms with Gasteiger partial charge < -0.3 is 9.13 Å². The van der Waals surface area contributed by atoms with Gasteiger partial charge in [-0.3, -0.25) is 14.4 Å². The number of ketones is 1. The average molecular weight is 581 g/mol. The number of amides is 1. The molecule has 0 fully saturated rings. The Morgan fingerprint density at radius 1 is 0.907 bits per heavy atom. The number of hydrogen-bond donors (Lipinski definition) is 0. The summed E-state index contributed by atoms with van der Waals surface area (Å²) in [6.07, 6.45) is 6.30. The zero-order valence-electron chi connectivity index (χ0n) is 26.3. The second-order valence-electron chi connectivity index (χ2n) is 10.8. The number of fused-ring (bicyclic) bond motifs is 2. The monoisotopic (exact) mass is 580 g/mol. The summed E-state index contributed by atoms with van der Waals surface area (Å²) in [6.45, 7) is 7.93. The molecule has 9 nitrogen and oxygen atoms in total. The molecule has 0 aliphatic heterocycles. The van der Waals surface area contributed by atoms with Crippen molar-refractivity contribution in [1.29, 1.82) is 0 Å². The summed E-state index contributed by atoms with van der Waals surface area (Å²) in [5, 5.41) is 11.5. The highest BCUT2D eigenvalue weighted by molar-refractivity contribution is 6.44. The van der Waals surface area contributed by atoms with E-state index in [9.17, 15) is 14.4 Å². The molecule has 5 aromatic rings. The second-order valence-corrected chi connectivity index (χ2v) is 10.8. The normalized spacial score (nSPS) is 11.5. The molecule has 0 aliphatic rings. The number of carbonyl (C=O) groups excluding carboxylic acids is 2. The molecule has 3 aromatic heterocycles. The van der Waals surface area contributed by atoms with E-state index >= 15 is 0 Å². The van der Waals surface area contributed by atoms with Crippen LogP contribution in [-0.4, -0.2) is 48.4 Å². The van der Waals surface area contributed by atoms with Crippen molar-refractivity contribution < 1.29 is 9.59 Å². The lowest BCUT2D eigenvalue weighted by Crippen LogP contribution is -2.30. The van der Waals surface area contributed by atoms with E-state index in [0.717, 1.165) is 74.2 Å². The quantitative estimate of drug-likeness (QED) is 0.105. The molecule has 0 bridgehead atoms. The van der Waals surface area contributed by atoms with Crippen molar-refractivity contribution >= 4 is 39.2 Å². The van der Waals surface area contributed by atoms with Gasteiger partial charge in [0.25, 0.3) is 11.3 Å². The number of aryl methyl sites for hydroxylation is 4. The Bertz CT molecular complexity index is 1910. The van der Waals surface area contributed by atoms with Gasteiger partial charge in [-0.15, -0.1) is 0 Å². The van der Waals surface area contributed by atoms with Crippen molar-refractivity contribution in [1.82, 2.24) is 23.9 Å². The van der Waals surface area contributed by atoms with Crippen LogP contribution in [0.1, 0.15) is 55.2 Å². The van der Waals surface area contributed by atoms with Crippen LogP contribution in [0.2, 0.25) is 0 Å². The number of likely N-dealkylation sites (N-methyl/N-ethyl adjacent to an activating group) is 1. The molecule has 0 unspecified atom stereocenters. The molecule has 9 heteroatoms. The van der Waals surface area contributed by atoms with Gasteiger partial charge >= 0.3 is 5.91 Å². The Labute approximate surface area is 252 Å². The van der Waals surface area contributed by atoms with Gasteiger partial charge in [-0.2, -0.15) is 10.2 Å². The fourth-order valence-corrected chi connectivity index (χ4v) is 5.55. The van der Waals surface area contributed by atoms with Crippen molar-refractivity contribution in [2.24, 2.45) is 26.2 Å². The maximum Gasteiger partial charge on any atom is 0.314 e. The van der Waals surface area contributed by atoms with Crippen LogP contribution in [0, 0.1) is 6.92 Å². The van der Waals surface area contributed by atoms with Crippen LogP contribution in [0.5, 0.6) is 0 Å². The van der Waals surface area contributed by atoms with Crippen molar-refractivity contribution in [3.05, 3.63) is 88.1 Å². The molecular formula is C34H40N6O3. The summed E-state index contributed by atoms with van der Waals surface area (Å²) in [7, 11) is 7.10. The molecule has 0 aliphatic carbocycles. The zero-order chi connectivity index (χ0) is 31.4. The fourth-order valence-electron chi connectivity index (χ4n) is 5.55. The summed E-state index contributed by atoms with van der Waals surface area (Å²) in [5.41, 5.74) is 7.01. The molecule has 224 valence electrons. The highest BCUT2D eigenvalue weighted by atomic mass is 16.2. The van der Waals surface area contributed by atoms with Gasteiger partial charge in [0.2, 0.25) is 0 Å². The first-order valence-electron chi connectivity index (χ1n) is 14.5. The van der Waals surface area contributed by atoms with Gasteiger partial charge in [0.15, 0.2) is 0 Å². The Morgan fingerprint density at radius 2 is 1.49 bits per heavy atom. The van der Waals surface area contributed by atoms with Crippen molar-refractivity contribution in [2.45, 2.75) is 47.0 Å². The van der Waals surface area contributed by atoms with Crippen LogP contribution < -0.4 is 5.56 Å². The van der Waals surface area contributed by atoms with E-state index in [0.29, 0.717) is 5.56 Å². The zero-order valence-corrected chi connectivity index (χ0v) is 26.3. The van der Waals surface area contributed by atoms with E-state index in [1.165, 1.54) is 11.7 Å². The molecule has 0 saturated carbocycles. The first-order chi connectivity index (χ1) is 20.5. The number of hydrazone groups is 1. The predicted octanol–water partition coefficient (Wildman–Crippen LogP) is 5.81. The van der Waals surface area contributed by atoms with Crippen LogP contribution in [0.25, 0.3) is 32.9 Å². The molecule has 0 saturated heterocycles. The molecule has 43 heavy (non-hydrogen) atoms. The number of rotatable bonds is 7. The number of carbonyl (C=O) groups is 2. The summed E-state index contributed by atoms with van der Waals surface area (Å²) < 4.78 is 5.35. The second kappa shape index (κ2) is 13.0. The maximum absolute atomic E-state index is 12.6. The Hall–Kier alpha value is -4.79. The summed E-state index contributed by atoms with van der Waals surface area (Å²) in [5.74, 6) is -1.15. The molecule has 0 radical (unpaired) electrons. The smallest absolute Gasteiger partial charge is 0.314 e. The van der Waals surface area contributed by atoms with E-state index in [1.54, 1.807) is 13.2 Å². The largest absolute Gasteiger partial charge is 0.350 e. The summed E-state index contributed by atoms with van der Waals surface area (Å²) >= 11 is 0. The maximum atomic E-state index is 12.6. The Kier molecular flexibility index (Phi) is 9.43. The van der Waals surface area contributed by atoms with Crippen molar-refractivity contribution in [3.8, 4) is 11.1 Å². The van der Waals surface area contributed by atoms with Crippen LogP contribution in [0.15, 0.2) is 70.8 Å².